The molecule has 4 nitrogen and oxygen atoms in total. The standard InChI is InChI=1S/C17H20ClN3O/c1-21(11-5-8-14-6-3-2-4-7-14)13-17(22)20-16-10-9-15(18)12-19-16/h2-4,6-7,9-10,12H,5,8,11,13H2,1H3,(H,19,20,22). The molecule has 0 fully saturated rings. The summed E-state index contributed by atoms with van der Waals surface area (Å²) < 4.78 is 0. The van der Waals surface area contributed by atoms with Gasteiger partial charge in [0, 0.05) is 6.20 Å². The van der Waals surface area contributed by atoms with Crippen molar-refractivity contribution in [3.05, 3.63) is 59.2 Å². The number of carbonyl (C=O) groups excluding carboxylic acids is 1. The maximum absolute atomic E-state index is 11.9. The van der Waals surface area contributed by atoms with E-state index in [0.717, 1.165) is 19.4 Å². The average Bonchev–Trinajstić information content (AvgIpc) is 2.50. The number of nitrogens with one attached hydrogen (secondary N) is 1. The number of nitrogens with zero attached hydrogens (tertiary/aromatic N) is 2. The summed E-state index contributed by atoms with van der Waals surface area (Å²) in [4.78, 5) is 18.0. The number of likely N-dealkylation sites (N-methyl/N-ethyl adjacent to an activating group) is 1. The minimum atomic E-state index is -0.0722. The molecule has 0 atom stereocenters. The number of pyridine rings is 1. The lowest BCUT2D eigenvalue weighted by Crippen LogP contribution is -2.31. The van der Waals surface area contributed by atoms with Crippen LogP contribution in [0.5, 0.6) is 0 Å². The second kappa shape index (κ2) is 8.51. The Hall–Kier alpha value is -1.91. The molecule has 0 radical (unpaired) electrons. The number of carbonyl (C=O) groups is 1. The molecule has 0 aliphatic rings. The normalized spacial score (nSPS) is 10.7. The summed E-state index contributed by atoms with van der Waals surface area (Å²) in [5.41, 5.74) is 1.32. The van der Waals surface area contributed by atoms with Crippen LogP contribution in [0.25, 0.3) is 0 Å². The molecule has 1 heterocycles. The van der Waals surface area contributed by atoms with Gasteiger partial charge in [-0.15, -0.1) is 0 Å². The molecule has 116 valence electrons. The first kappa shape index (κ1) is 16.5. The van der Waals surface area contributed by atoms with E-state index in [1.807, 2.05) is 30.1 Å². The van der Waals surface area contributed by atoms with Gasteiger partial charge in [0.15, 0.2) is 0 Å². The number of hydrogen-bond acceptors (Lipinski definition) is 3. The van der Waals surface area contributed by atoms with E-state index >= 15 is 0 Å². The van der Waals surface area contributed by atoms with Gasteiger partial charge in [0.2, 0.25) is 5.91 Å². The summed E-state index contributed by atoms with van der Waals surface area (Å²) in [6.45, 7) is 1.22. The highest BCUT2D eigenvalue weighted by atomic mass is 35.5. The zero-order valence-corrected chi connectivity index (χ0v) is 13.4. The zero-order chi connectivity index (χ0) is 15.8. The van der Waals surface area contributed by atoms with E-state index in [1.54, 1.807) is 12.1 Å². The van der Waals surface area contributed by atoms with Crippen molar-refractivity contribution in [2.24, 2.45) is 0 Å². The number of aryl methyl sites for hydroxylation is 1. The molecule has 22 heavy (non-hydrogen) atoms. The highest BCUT2D eigenvalue weighted by Crippen LogP contribution is 2.09. The molecule has 0 unspecified atom stereocenters. The summed E-state index contributed by atoms with van der Waals surface area (Å²) in [5, 5.41) is 3.31. The van der Waals surface area contributed by atoms with Crippen LogP contribution >= 0.6 is 11.6 Å². The Morgan fingerprint density at radius 2 is 2.00 bits per heavy atom. The third kappa shape index (κ3) is 5.84. The van der Waals surface area contributed by atoms with Gasteiger partial charge in [-0.1, -0.05) is 41.9 Å². The first-order chi connectivity index (χ1) is 10.6. The zero-order valence-electron chi connectivity index (χ0n) is 12.6. The van der Waals surface area contributed by atoms with Crippen molar-refractivity contribution in [3.8, 4) is 0 Å². The van der Waals surface area contributed by atoms with Crippen molar-refractivity contribution in [1.29, 1.82) is 0 Å². The fraction of sp³-hybridized carbons (Fsp3) is 0.294. The number of rotatable bonds is 7. The number of anilines is 1. The summed E-state index contributed by atoms with van der Waals surface area (Å²) in [6, 6.07) is 13.8. The van der Waals surface area contributed by atoms with E-state index in [9.17, 15) is 4.79 Å². The highest BCUT2D eigenvalue weighted by molar-refractivity contribution is 6.30. The maximum atomic E-state index is 11.9. The SMILES string of the molecule is CN(CCCc1ccccc1)CC(=O)Nc1ccc(Cl)cn1. The lowest BCUT2D eigenvalue weighted by molar-refractivity contribution is -0.117. The van der Waals surface area contributed by atoms with Crippen molar-refractivity contribution in [2.45, 2.75) is 12.8 Å². The van der Waals surface area contributed by atoms with Gasteiger partial charge in [-0.3, -0.25) is 9.69 Å². The van der Waals surface area contributed by atoms with Crippen LogP contribution in [-0.4, -0.2) is 35.9 Å². The second-order valence-electron chi connectivity index (χ2n) is 5.24. The largest absolute Gasteiger partial charge is 0.310 e. The maximum Gasteiger partial charge on any atom is 0.239 e. The first-order valence-corrected chi connectivity index (χ1v) is 7.65. The first-order valence-electron chi connectivity index (χ1n) is 7.27. The molecule has 0 saturated heterocycles. The van der Waals surface area contributed by atoms with Crippen LogP contribution in [0.2, 0.25) is 5.02 Å². The number of amides is 1. The fourth-order valence-corrected chi connectivity index (χ4v) is 2.27. The second-order valence-corrected chi connectivity index (χ2v) is 5.67. The van der Waals surface area contributed by atoms with E-state index in [-0.39, 0.29) is 5.91 Å². The predicted octanol–water partition coefficient (Wildman–Crippen LogP) is 3.24. The Morgan fingerprint density at radius 1 is 1.23 bits per heavy atom. The molecule has 2 rings (SSSR count). The molecule has 1 N–H and O–H groups in total. The third-order valence-corrected chi connectivity index (χ3v) is 3.48. The Morgan fingerprint density at radius 3 is 2.68 bits per heavy atom. The van der Waals surface area contributed by atoms with Gasteiger partial charge >= 0.3 is 0 Å². The minimum Gasteiger partial charge on any atom is -0.310 e. The smallest absolute Gasteiger partial charge is 0.239 e. The lowest BCUT2D eigenvalue weighted by atomic mass is 10.1. The Balaban J connectivity index is 1.68. The monoisotopic (exact) mass is 317 g/mol. The lowest BCUT2D eigenvalue weighted by Gasteiger charge is -2.16. The van der Waals surface area contributed by atoms with E-state index in [1.165, 1.54) is 11.8 Å². The number of aromatic nitrogens is 1. The van der Waals surface area contributed by atoms with Crippen molar-refractivity contribution in [3.63, 3.8) is 0 Å². The van der Waals surface area contributed by atoms with Gasteiger partial charge in [0.1, 0.15) is 5.82 Å². The van der Waals surface area contributed by atoms with E-state index in [2.05, 4.69) is 22.4 Å². The quantitative estimate of drug-likeness (QED) is 0.852. The Kier molecular flexibility index (Phi) is 6.37. The van der Waals surface area contributed by atoms with E-state index in [4.69, 9.17) is 11.6 Å². The molecular weight excluding hydrogens is 298 g/mol. The number of hydrogen-bond donors (Lipinski definition) is 1. The van der Waals surface area contributed by atoms with Crippen LogP contribution < -0.4 is 5.32 Å². The molecular formula is C17H20ClN3O. The van der Waals surface area contributed by atoms with Crippen LogP contribution in [0.3, 0.4) is 0 Å². The summed E-state index contributed by atoms with van der Waals surface area (Å²) in [7, 11) is 1.94. The van der Waals surface area contributed by atoms with Gasteiger partial charge in [-0.05, 0) is 44.1 Å². The van der Waals surface area contributed by atoms with Crippen LogP contribution in [0, 0.1) is 0 Å². The summed E-state index contributed by atoms with van der Waals surface area (Å²) in [6.07, 6.45) is 3.55. The Bertz CT molecular complexity index is 587. The van der Waals surface area contributed by atoms with E-state index in [0.29, 0.717) is 17.4 Å². The molecule has 5 heteroatoms. The molecule has 1 amide bonds. The van der Waals surface area contributed by atoms with Crippen LogP contribution in [0.15, 0.2) is 48.7 Å². The van der Waals surface area contributed by atoms with Gasteiger partial charge in [-0.25, -0.2) is 4.98 Å². The van der Waals surface area contributed by atoms with Gasteiger partial charge in [0.25, 0.3) is 0 Å². The van der Waals surface area contributed by atoms with Gasteiger partial charge in [0.05, 0.1) is 11.6 Å². The third-order valence-electron chi connectivity index (χ3n) is 3.26. The van der Waals surface area contributed by atoms with Crippen molar-refractivity contribution < 1.29 is 4.79 Å². The van der Waals surface area contributed by atoms with Gasteiger partial charge in [-0.2, -0.15) is 0 Å². The molecule has 1 aromatic heterocycles. The average molecular weight is 318 g/mol. The van der Waals surface area contributed by atoms with Crippen LogP contribution in [0.4, 0.5) is 5.82 Å². The van der Waals surface area contributed by atoms with Crippen LogP contribution in [0.1, 0.15) is 12.0 Å². The van der Waals surface area contributed by atoms with Crippen molar-refractivity contribution >= 4 is 23.3 Å². The molecule has 0 spiro atoms. The molecule has 1 aromatic carbocycles. The number of benzene rings is 1. The fourth-order valence-electron chi connectivity index (χ4n) is 2.15. The van der Waals surface area contributed by atoms with E-state index < -0.39 is 0 Å². The van der Waals surface area contributed by atoms with Gasteiger partial charge < -0.3 is 5.32 Å². The number of halogens is 1. The predicted molar refractivity (Wildman–Crippen MR) is 90.1 cm³/mol. The molecule has 0 aliphatic carbocycles. The van der Waals surface area contributed by atoms with Crippen LogP contribution in [-0.2, 0) is 11.2 Å². The minimum absolute atomic E-state index is 0.0722. The molecule has 0 saturated carbocycles. The molecule has 0 aliphatic heterocycles. The molecule has 0 bridgehead atoms. The summed E-state index contributed by atoms with van der Waals surface area (Å²) >= 11 is 5.76. The topological polar surface area (TPSA) is 45.2 Å². The van der Waals surface area contributed by atoms with Crippen molar-refractivity contribution in [2.75, 3.05) is 25.5 Å². The molecule has 2 aromatic rings. The summed E-state index contributed by atoms with van der Waals surface area (Å²) in [5.74, 6) is 0.448. The Labute approximate surface area is 136 Å². The van der Waals surface area contributed by atoms with Crippen molar-refractivity contribution in [1.82, 2.24) is 9.88 Å². The highest BCUT2D eigenvalue weighted by Gasteiger charge is 2.07.